The molecule has 3 unspecified atom stereocenters. The number of phenols is 1. The molecule has 1 spiro atoms. The molecule has 2 aromatic rings. The summed E-state index contributed by atoms with van der Waals surface area (Å²) in [7, 11) is 1.73. The quantitative estimate of drug-likeness (QED) is 0.700. The van der Waals surface area contributed by atoms with Crippen molar-refractivity contribution in [2.45, 2.75) is 75.5 Å². The van der Waals surface area contributed by atoms with Gasteiger partial charge >= 0.3 is 0 Å². The summed E-state index contributed by atoms with van der Waals surface area (Å²) >= 11 is 0. The Kier molecular flexibility index (Phi) is 4.92. The van der Waals surface area contributed by atoms with E-state index in [0.717, 1.165) is 49.0 Å². The Balaban J connectivity index is 1.53. The van der Waals surface area contributed by atoms with E-state index in [0.29, 0.717) is 24.1 Å². The molecule has 6 atom stereocenters. The van der Waals surface area contributed by atoms with Crippen LogP contribution in [0.15, 0.2) is 36.4 Å². The van der Waals surface area contributed by atoms with Gasteiger partial charge in [0.2, 0.25) is 0 Å². The van der Waals surface area contributed by atoms with Gasteiger partial charge < -0.3 is 14.6 Å². The van der Waals surface area contributed by atoms with Crippen molar-refractivity contribution in [1.29, 1.82) is 0 Å². The number of piperidine rings is 1. The van der Waals surface area contributed by atoms with E-state index >= 15 is 0 Å². The fourth-order valence-electron chi connectivity index (χ4n) is 7.84. The summed E-state index contributed by atoms with van der Waals surface area (Å²) in [5, 5.41) is 11.6. The van der Waals surface area contributed by atoms with Crippen LogP contribution in [0.5, 0.6) is 11.5 Å². The van der Waals surface area contributed by atoms with E-state index in [9.17, 15) is 9.90 Å². The highest BCUT2D eigenvalue weighted by Gasteiger charge is 2.66. The third-order valence-corrected chi connectivity index (χ3v) is 9.84. The van der Waals surface area contributed by atoms with E-state index in [1.165, 1.54) is 5.56 Å². The SMILES string of the molecule is CCN1CC[C@]23c4c5cc(C(C)C(C)(OC)c6ccccc6)c(O)c4OC2C(=O)CC[C@H]3[C@H]1C5. The molecule has 2 heterocycles. The van der Waals surface area contributed by atoms with E-state index in [-0.39, 0.29) is 22.9 Å². The molecule has 2 bridgehead atoms. The topological polar surface area (TPSA) is 59.0 Å². The Morgan fingerprint density at radius 3 is 2.79 bits per heavy atom. The summed E-state index contributed by atoms with van der Waals surface area (Å²) in [5.41, 5.74) is 3.38. The van der Waals surface area contributed by atoms with Crippen LogP contribution in [0.4, 0.5) is 0 Å². The summed E-state index contributed by atoms with van der Waals surface area (Å²) in [6.07, 6.45) is 2.91. The monoisotopic (exact) mass is 461 g/mol. The summed E-state index contributed by atoms with van der Waals surface area (Å²) < 4.78 is 12.6. The molecule has 2 fully saturated rings. The fourth-order valence-corrected chi connectivity index (χ4v) is 7.84. The molecule has 0 radical (unpaired) electrons. The molecule has 5 nitrogen and oxygen atoms in total. The number of Topliss-reactive ketones (excluding diaryl/α,β-unsaturated/α-hetero) is 1. The van der Waals surface area contributed by atoms with Gasteiger partial charge in [0.1, 0.15) is 0 Å². The number of carbonyl (C=O) groups excluding carboxylic acids is 1. The van der Waals surface area contributed by atoms with Crippen molar-refractivity contribution in [3.8, 4) is 11.5 Å². The summed E-state index contributed by atoms with van der Waals surface area (Å²) in [5.74, 6) is 1.25. The third kappa shape index (κ3) is 2.66. The molecule has 180 valence electrons. The Hall–Kier alpha value is -2.37. The minimum absolute atomic E-state index is 0.124. The number of aromatic hydroxyl groups is 1. The van der Waals surface area contributed by atoms with Gasteiger partial charge in [-0.1, -0.05) is 50.2 Å². The lowest BCUT2D eigenvalue weighted by Gasteiger charge is -2.57. The molecule has 6 rings (SSSR count). The van der Waals surface area contributed by atoms with Crippen LogP contribution in [0.25, 0.3) is 0 Å². The lowest BCUT2D eigenvalue weighted by atomic mass is 9.51. The van der Waals surface area contributed by atoms with Gasteiger partial charge in [0.05, 0.1) is 5.60 Å². The zero-order chi connectivity index (χ0) is 23.8. The summed E-state index contributed by atoms with van der Waals surface area (Å²) in [6.45, 7) is 8.44. The van der Waals surface area contributed by atoms with Crippen molar-refractivity contribution < 1.29 is 19.4 Å². The number of hydrogen-bond acceptors (Lipinski definition) is 5. The van der Waals surface area contributed by atoms with Crippen molar-refractivity contribution in [1.82, 2.24) is 4.90 Å². The molecule has 5 heteroatoms. The van der Waals surface area contributed by atoms with Crippen molar-refractivity contribution in [2.75, 3.05) is 20.2 Å². The van der Waals surface area contributed by atoms with Gasteiger partial charge in [-0.2, -0.15) is 0 Å². The molecule has 1 saturated carbocycles. The van der Waals surface area contributed by atoms with E-state index in [1.54, 1.807) is 7.11 Å². The van der Waals surface area contributed by atoms with Crippen LogP contribution >= 0.6 is 0 Å². The molecular weight excluding hydrogens is 426 g/mol. The first-order valence-corrected chi connectivity index (χ1v) is 12.8. The number of nitrogens with zero attached hydrogens (tertiary/aromatic N) is 1. The first kappa shape index (κ1) is 22.1. The molecule has 34 heavy (non-hydrogen) atoms. The number of ketones is 1. The standard InChI is InChI=1S/C29H35NO4/c1-5-30-14-13-29-21-11-12-23(31)27(29)34-26-24(29)18(16-22(21)30)15-20(25(26)32)17(2)28(3,33-4)19-9-7-6-8-10-19/h6-10,15,17,21-22,27,32H,5,11-14,16H2,1-4H3/t17?,21-,22+,27?,28?,29-/m0/s1. The Bertz CT molecular complexity index is 1150. The smallest absolute Gasteiger partial charge is 0.174 e. The molecule has 0 aromatic heterocycles. The lowest BCUT2D eigenvalue weighted by molar-refractivity contribution is -0.138. The third-order valence-electron chi connectivity index (χ3n) is 9.84. The Morgan fingerprint density at radius 1 is 1.32 bits per heavy atom. The van der Waals surface area contributed by atoms with Crippen molar-refractivity contribution in [3.63, 3.8) is 0 Å². The predicted octanol–water partition coefficient (Wildman–Crippen LogP) is 4.69. The van der Waals surface area contributed by atoms with Crippen LogP contribution in [-0.2, 0) is 27.0 Å². The van der Waals surface area contributed by atoms with Gasteiger partial charge in [-0.25, -0.2) is 0 Å². The number of hydrogen-bond donors (Lipinski definition) is 1. The Morgan fingerprint density at radius 2 is 2.09 bits per heavy atom. The van der Waals surface area contributed by atoms with E-state index < -0.39 is 11.7 Å². The van der Waals surface area contributed by atoms with Crippen LogP contribution in [0.1, 0.15) is 68.2 Å². The van der Waals surface area contributed by atoms with Gasteiger partial charge in [0.25, 0.3) is 0 Å². The van der Waals surface area contributed by atoms with Crippen LogP contribution in [-0.4, -0.2) is 48.1 Å². The number of likely N-dealkylation sites (tertiary alicyclic amines) is 1. The Labute approximate surface area is 202 Å². The second kappa shape index (κ2) is 7.56. The van der Waals surface area contributed by atoms with Crippen LogP contribution < -0.4 is 4.74 Å². The number of rotatable bonds is 5. The zero-order valence-corrected chi connectivity index (χ0v) is 20.6. The molecule has 1 saturated heterocycles. The summed E-state index contributed by atoms with van der Waals surface area (Å²) in [4.78, 5) is 15.8. The average Bonchev–Trinajstić information content (AvgIpc) is 3.21. The van der Waals surface area contributed by atoms with Crippen LogP contribution in [0.2, 0.25) is 0 Å². The van der Waals surface area contributed by atoms with E-state index in [4.69, 9.17) is 9.47 Å². The first-order chi connectivity index (χ1) is 16.4. The maximum absolute atomic E-state index is 13.2. The van der Waals surface area contributed by atoms with Crippen LogP contribution in [0, 0.1) is 5.92 Å². The molecule has 2 aromatic carbocycles. The molecule has 4 aliphatic rings. The van der Waals surface area contributed by atoms with Gasteiger partial charge in [0.15, 0.2) is 23.4 Å². The number of phenolic OH excluding ortho intramolecular Hbond substituents is 1. The summed E-state index contributed by atoms with van der Waals surface area (Å²) in [6, 6.07) is 12.8. The average molecular weight is 462 g/mol. The van der Waals surface area contributed by atoms with Gasteiger partial charge in [-0.05, 0) is 56.3 Å². The van der Waals surface area contributed by atoms with E-state index in [1.807, 2.05) is 18.2 Å². The second-order valence-corrected chi connectivity index (χ2v) is 10.9. The van der Waals surface area contributed by atoms with Gasteiger partial charge in [-0.15, -0.1) is 0 Å². The van der Waals surface area contributed by atoms with Crippen molar-refractivity contribution >= 4 is 5.78 Å². The maximum Gasteiger partial charge on any atom is 0.174 e. The normalized spacial score (nSPS) is 32.0. The molecule has 1 N–H and O–H groups in total. The molecular formula is C29H35NO4. The molecule has 0 amide bonds. The maximum atomic E-state index is 13.2. The number of ether oxygens (including phenoxy) is 2. The highest BCUT2D eigenvalue weighted by Crippen LogP contribution is 2.64. The molecule has 2 aliphatic carbocycles. The minimum Gasteiger partial charge on any atom is -0.504 e. The zero-order valence-electron chi connectivity index (χ0n) is 20.6. The number of methoxy groups -OCH3 is 1. The highest BCUT2D eigenvalue weighted by molar-refractivity contribution is 5.89. The van der Waals surface area contributed by atoms with Crippen LogP contribution in [0.3, 0.4) is 0 Å². The highest BCUT2D eigenvalue weighted by atomic mass is 16.5. The molecule has 2 aliphatic heterocycles. The predicted molar refractivity (Wildman–Crippen MR) is 131 cm³/mol. The van der Waals surface area contributed by atoms with Crippen molar-refractivity contribution in [2.24, 2.45) is 5.92 Å². The van der Waals surface area contributed by atoms with E-state index in [2.05, 4.69) is 43.9 Å². The van der Waals surface area contributed by atoms with Gasteiger partial charge in [0, 0.05) is 42.0 Å². The number of benzene rings is 2. The number of carbonyl (C=O) groups is 1. The fraction of sp³-hybridized carbons (Fsp3) is 0.552. The second-order valence-electron chi connectivity index (χ2n) is 10.9. The lowest BCUT2D eigenvalue weighted by Crippen LogP contribution is -2.66. The minimum atomic E-state index is -0.623. The number of likely N-dealkylation sites (N-methyl/N-ethyl adjacent to an activating group) is 1. The van der Waals surface area contributed by atoms with Crippen molar-refractivity contribution in [3.05, 3.63) is 58.7 Å². The first-order valence-electron chi connectivity index (χ1n) is 12.8. The van der Waals surface area contributed by atoms with Gasteiger partial charge in [-0.3, -0.25) is 9.69 Å². The largest absolute Gasteiger partial charge is 0.504 e.